The lowest BCUT2D eigenvalue weighted by Gasteiger charge is -2.40. The summed E-state index contributed by atoms with van der Waals surface area (Å²) in [6.07, 6.45) is 3.01. The number of aromatic nitrogens is 1. The van der Waals surface area contributed by atoms with Crippen LogP contribution in [-0.2, 0) is 0 Å². The third-order valence-corrected chi connectivity index (χ3v) is 3.44. The van der Waals surface area contributed by atoms with Gasteiger partial charge in [0, 0.05) is 0 Å². The monoisotopic (exact) mass is 233 g/mol. The highest BCUT2D eigenvalue weighted by Crippen LogP contribution is 2.35. The summed E-state index contributed by atoms with van der Waals surface area (Å²) in [6.45, 7) is 0.0984. The Hall–Kier alpha value is -1.75. The van der Waals surface area contributed by atoms with Crippen molar-refractivity contribution in [1.82, 2.24) is 4.98 Å². The predicted molar refractivity (Wildman–Crippen MR) is 65.7 cm³/mol. The van der Waals surface area contributed by atoms with Gasteiger partial charge in [0.1, 0.15) is 5.52 Å². The number of nitrogens with one attached hydrogen (secondary N) is 1. The van der Waals surface area contributed by atoms with E-state index in [4.69, 9.17) is 10.2 Å². The lowest BCUT2D eigenvalue weighted by atomic mass is 9.77. The lowest BCUT2D eigenvalue weighted by Crippen LogP contribution is -2.48. The van der Waals surface area contributed by atoms with Gasteiger partial charge in [-0.25, -0.2) is 0 Å². The molecule has 0 aliphatic heterocycles. The molecule has 17 heavy (non-hydrogen) atoms. The third-order valence-electron chi connectivity index (χ3n) is 3.44. The molecule has 1 aromatic carbocycles. The number of hydrogen-bond acceptors (Lipinski definition) is 5. The van der Waals surface area contributed by atoms with Crippen molar-refractivity contribution in [2.75, 3.05) is 17.7 Å². The van der Waals surface area contributed by atoms with E-state index < -0.39 is 0 Å². The van der Waals surface area contributed by atoms with Crippen LogP contribution >= 0.6 is 0 Å². The van der Waals surface area contributed by atoms with E-state index in [1.807, 2.05) is 12.1 Å². The summed E-state index contributed by atoms with van der Waals surface area (Å²) in [4.78, 5) is 4.31. The largest absolute Gasteiger partial charge is 0.423 e. The van der Waals surface area contributed by atoms with Gasteiger partial charge in [-0.15, -0.1) is 0 Å². The van der Waals surface area contributed by atoms with Crippen molar-refractivity contribution in [2.45, 2.75) is 24.8 Å². The van der Waals surface area contributed by atoms with E-state index in [1.54, 1.807) is 6.07 Å². The maximum absolute atomic E-state index is 9.37. The molecule has 1 saturated carbocycles. The molecule has 2 aromatic rings. The van der Waals surface area contributed by atoms with Crippen LogP contribution in [0.1, 0.15) is 19.3 Å². The molecular formula is C12H15N3O2. The van der Waals surface area contributed by atoms with Crippen LogP contribution < -0.4 is 11.1 Å². The Labute approximate surface area is 98.6 Å². The third kappa shape index (κ3) is 1.63. The van der Waals surface area contributed by atoms with E-state index in [-0.39, 0.29) is 12.1 Å². The van der Waals surface area contributed by atoms with Crippen LogP contribution in [0.5, 0.6) is 0 Å². The molecular weight excluding hydrogens is 218 g/mol. The van der Waals surface area contributed by atoms with E-state index in [1.165, 1.54) is 0 Å². The molecule has 1 aliphatic rings. The zero-order valence-corrected chi connectivity index (χ0v) is 9.44. The molecule has 3 rings (SSSR count). The number of oxazole rings is 1. The molecule has 0 amide bonds. The molecule has 5 heteroatoms. The molecule has 0 radical (unpaired) electrons. The van der Waals surface area contributed by atoms with Gasteiger partial charge in [0.2, 0.25) is 0 Å². The maximum atomic E-state index is 9.37. The number of fused-ring (bicyclic) bond motifs is 1. The number of aliphatic hydroxyl groups excluding tert-OH is 1. The minimum absolute atomic E-state index is 0.0984. The van der Waals surface area contributed by atoms with Gasteiger partial charge in [-0.3, -0.25) is 0 Å². The van der Waals surface area contributed by atoms with Gasteiger partial charge in [-0.2, -0.15) is 4.98 Å². The van der Waals surface area contributed by atoms with Crippen molar-refractivity contribution >= 4 is 22.8 Å². The summed E-state index contributed by atoms with van der Waals surface area (Å²) < 4.78 is 5.57. The maximum Gasteiger partial charge on any atom is 0.296 e. The number of hydrogen-bond donors (Lipinski definition) is 3. The van der Waals surface area contributed by atoms with E-state index in [2.05, 4.69) is 10.3 Å². The molecule has 1 fully saturated rings. The summed E-state index contributed by atoms with van der Waals surface area (Å²) in [5.41, 5.74) is 7.50. The van der Waals surface area contributed by atoms with Crippen LogP contribution in [0.4, 0.5) is 11.7 Å². The second kappa shape index (κ2) is 3.63. The average Bonchev–Trinajstić information content (AvgIpc) is 2.68. The van der Waals surface area contributed by atoms with Crippen molar-refractivity contribution in [2.24, 2.45) is 0 Å². The molecule has 0 saturated heterocycles. The SMILES string of the molecule is Nc1cccc2oc(NC3(CO)CCC3)nc12. The molecule has 0 bridgehead atoms. The standard InChI is InChI=1S/C12H15N3O2/c13-8-3-1-4-9-10(8)14-11(17-9)15-12(7-16)5-2-6-12/h1,3-4,16H,2,5-7,13H2,(H,14,15). The minimum Gasteiger partial charge on any atom is -0.423 e. The first-order chi connectivity index (χ1) is 8.22. The van der Waals surface area contributed by atoms with Crippen molar-refractivity contribution in [3.63, 3.8) is 0 Å². The number of nitrogens with two attached hydrogens (primary N) is 1. The summed E-state index contributed by atoms with van der Waals surface area (Å²) >= 11 is 0. The second-order valence-corrected chi connectivity index (χ2v) is 4.63. The summed E-state index contributed by atoms with van der Waals surface area (Å²) in [6, 6.07) is 5.89. The van der Waals surface area contributed by atoms with Crippen LogP contribution in [0.25, 0.3) is 11.1 Å². The molecule has 0 spiro atoms. The Morgan fingerprint density at radius 2 is 2.29 bits per heavy atom. The molecule has 5 nitrogen and oxygen atoms in total. The van der Waals surface area contributed by atoms with E-state index in [9.17, 15) is 5.11 Å². The number of rotatable bonds is 3. The first kappa shape index (κ1) is 10.4. The van der Waals surface area contributed by atoms with Crippen LogP contribution in [0.2, 0.25) is 0 Å². The number of nitrogens with zero attached hydrogens (tertiary/aromatic N) is 1. The predicted octanol–water partition coefficient (Wildman–Crippen LogP) is 1.74. The molecule has 0 unspecified atom stereocenters. The topological polar surface area (TPSA) is 84.3 Å². The van der Waals surface area contributed by atoms with Gasteiger partial charge in [0.05, 0.1) is 17.8 Å². The van der Waals surface area contributed by atoms with E-state index >= 15 is 0 Å². The van der Waals surface area contributed by atoms with Gasteiger partial charge < -0.3 is 20.6 Å². The lowest BCUT2D eigenvalue weighted by molar-refractivity contribution is 0.141. The zero-order chi connectivity index (χ0) is 11.9. The summed E-state index contributed by atoms with van der Waals surface area (Å²) in [5, 5.41) is 12.5. The fraction of sp³-hybridized carbons (Fsp3) is 0.417. The van der Waals surface area contributed by atoms with Gasteiger partial charge in [0.15, 0.2) is 5.58 Å². The van der Waals surface area contributed by atoms with Gasteiger partial charge >= 0.3 is 0 Å². The summed E-state index contributed by atoms with van der Waals surface area (Å²) in [5.74, 6) is 0. The van der Waals surface area contributed by atoms with E-state index in [0.29, 0.717) is 22.8 Å². The Balaban J connectivity index is 1.93. The zero-order valence-electron chi connectivity index (χ0n) is 9.44. The number of para-hydroxylation sites is 1. The van der Waals surface area contributed by atoms with Gasteiger partial charge in [-0.05, 0) is 31.4 Å². The van der Waals surface area contributed by atoms with Crippen molar-refractivity contribution in [3.05, 3.63) is 18.2 Å². The van der Waals surface area contributed by atoms with Crippen LogP contribution in [-0.4, -0.2) is 22.2 Å². The van der Waals surface area contributed by atoms with Crippen LogP contribution in [0, 0.1) is 0 Å². The van der Waals surface area contributed by atoms with E-state index in [0.717, 1.165) is 19.3 Å². The van der Waals surface area contributed by atoms with Crippen LogP contribution in [0.3, 0.4) is 0 Å². The first-order valence-electron chi connectivity index (χ1n) is 5.77. The smallest absolute Gasteiger partial charge is 0.296 e. The number of anilines is 2. The molecule has 1 heterocycles. The van der Waals surface area contributed by atoms with Crippen molar-refractivity contribution in [1.29, 1.82) is 0 Å². The normalized spacial score (nSPS) is 17.9. The number of aliphatic hydroxyl groups is 1. The Morgan fingerprint density at radius 3 is 2.88 bits per heavy atom. The molecule has 90 valence electrons. The van der Waals surface area contributed by atoms with Crippen LogP contribution in [0.15, 0.2) is 22.6 Å². The molecule has 4 N–H and O–H groups in total. The second-order valence-electron chi connectivity index (χ2n) is 4.63. The Bertz CT molecular complexity index is 540. The van der Waals surface area contributed by atoms with Crippen molar-refractivity contribution in [3.8, 4) is 0 Å². The van der Waals surface area contributed by atoms with Gasteiger partial charge in [0.25, 0.3) is 6.01 Å². The summed E-state index contributed by atoms with van der Waals surface area (Å²) in [7, 11) is 0. The van der Waals surface area contributed by atoms with Gasteiger partial charge in [-0.1, -0.05) is 6.07 Å². The molecule has 1 aliphatic carbocycles. The van der Waals surface area contributed by atoms with Crippen molar-refractivity contribution < 1.29 is 9.52 Å². The Kier molecular flexibility index (Phi) is 2.22. The highest BCUT2D eigenvalue weighted by Gasteiger charge is 2.37. The molecule has 0 atom stereocenters. The fourth-order valence-electron chi connectivity index (χ4n) is 2.18. The Morgan fingerprint density at radius 1 is 1.47 bits per heavy atom. The average molecular weight is 233 g/mol. The number of nitrogen functional groups attached to an aromatic ring is 1. The number of benzene rings is 1. The fourth-order valence-corrected chi connectivity index (χ4v) is 2.18. The molecule has 1 aromatic heterocycles. The highest BCUT2D eigenvalue weighted by atomic mass is 16.4. The quantitative estimate of drug-likeness (QED) is 0.703. The first-order valence-corrected chi connectivity index (χ1v) is 5.77. The highest BCUT2D eigenvalue weighted by molar-refractivity contribution is 5.86. The minimum atomic E-state index is -0.254.